The number of ether oxygens (including phenoxy) is 2. The number of alkyl halides is 6. The van der Waals surface area contributed by atoms with Crippen LogP contribution in [-0.4, -0.2) is 42.8 Å². The maximum absolute atomic E-state index is 13.6. The Morgan fingerprint density at radius 2 is 1.65 bits per heavy atom. The lowest BCUT2D eigenvalue weighted by Crippen LogP contribution is -2.49. The first-order valence-electron chi connectivity index (χ1n) is 10.8. The minimum atomic E-state index is -5.03. The summed E-state index contributed by atoms with van der Waals surface area (Å²) >= 11 is 0. The van der Waals surface area contributed by atoms with Gasteiger partial charge in [-0.05, 0) is 48.4 Å². The van der Waals surface area contributed by atoms with Crippen molar-refractivity contribution < 1.29 is 45.0 Å². The molecule has 1 saturated heterocycles. The van der Waals surface area contributed by atoms with E-state index < -0.39 is 53.8 Å². The van der Waals surface area contributed by atoms with Crippen molar-refractivity contribution in [3.05, 3.63) is 70.5 Å². The smallest absolute Gasteiger partial charge is 0.386 e. The number of carbonyl (C=O) groups is 1. The van der Waals surface area contributed by atoms with Crippen molar-refractivity contribution in [1.82, 2.24) is 4.90 Å². The zero-order valence-electron chi connectivity index (χ0n) is 19.3. The molecule has 2 aromatic rings. The monoisotopic (exact) mass is 536 g/mol. The van der Waals surface area contributed by atoms with E-state index in [1.807, 2.05) is 0 Å². The number of carbonyl (C=O) groups excluding carboxylic acids is 1. The first-order valence-corrected chi connectivity index (χ1v) is 10.8. The molecule has 0 aromatic heterocycles. The summed E-state index contributed by atoms with van der Waals surface area (Å²) in [5.41, 5.74) is 7.91. The average molecular weight is 536 g/mol. The third-order valence-corrected chi connectivity index (χ3v) is 5.56. The molecule has 7 nitrogen and oxygen atoms in total. The Morgan fingerprint density at radius 1 is 1.08 bits per heavy atom. The molecule has 0 bridgehead atoms. The summed E-state index contributed by atoms with van der Waals surface area (Å²) < 4.78 is 105. The molecule has 3 unspecified atom stereocenters. The maximum Gasteiger partial charge on any atom is 0.416 e. The Bertz CT molecular complexity index is 1100. The van der Waals surface area contributed by atoms with Crippen molar-refractivity contribution in [2.24, 2.45) is 16.5 Å². The summed E-state index contributed by atoms with van der Waals surface area (Å²) in [7, 11) is 0. The molecule has 0 spiro atoms. The number of urea groups is 1. The molecule has 3 rings (SSSR count). The van der Waals surface area contributed by atoms with Gasteiger partial charge < -0.3 is 20.9 Å². The van der Waals surface area contributed by atoms with Gasteiger partial charge >= 0.3 is 18.4 Å². The van der Waals surface area contributed by atoms with Gasteiger partial charge in [0.2, 0.25) is 0 Å². The number of aliphatic imine (C=N–C) groups is 1. The van der Waals surface area contributed by atoms with Gasteiger partial charge in [0.15, 0.2) is 6.29 Å². The molecule has 0 aliphatic carbocycles. The van der Waals surface area contributed by atoms with E-state index in [2.05, 4.69) is 4.99 Å². The number of nitrogens with two attached hydrogens (primary N) is 2. The number of hydrogen-bond donors (Lipinski definition) is 2. The van der Waals surface area contributed by atoms with E-state index in [-0.39, 0.29) is 37.2 Å². The highest BCUT2D eigenvalue weighted by Gasteiger charge is 2.39. The normalized spacial score (nSPS) is 20.6. The number of hydrogen-bond acceptors (Lipinski definition) is 4. The second-order valence-electron chi connectivity index (χ2n) is 8.26. The van der Waals surface area contributed by atoms with Crippen LogP contribution >= 0.6 is 0 Å². The van der Waals surface area contributed by atoms with Gasteiger partial charge in [-0.2, -0.15) is 31.3 Å². The first-order chi connectivity index (χ1) is 17.1. The maximum atomic E-state index is 13.6. The molecular weight excluding hydrogens is 513 g/mol. The number of halogens is 7. The summed E-state index contributed by atoms with van der Waals surface area (Å²) in [6.07, 6.45) is -12.6. The molecule has 14 heteroatoms. The zero-order valence-corrected chi connectivity index (χ0v) is 19.3. The second-order valence-corrected chi connectivity index (χ2v) is 8.26. The van der Waals surface area contributed by atoms with Crippen molar-refractivity contribution >= 4 is 11.9 Å². The van der Waals surface area contributed by atoms with Gasteiger partial charge in [0.25, 0.3) is 0 Å². The van der Waals surface area contributed by atoms with Crippen LogP contribution in [0.1, 0.15) is 41.3 Å². The molecule has 37 heavy (non-hydrogen) atoms. The quantitative estimate of drug-likeness (QED) is 0.315. The fourth-order valence-corrected chi connectivity index (χ4v) is 3.89. The van der Waals surface area contributed by atoms with Crippen LogP contribution in [0.2, 0.25) is 0 Å². The number of nitrogens with zero attached hydrogens (tertiary/aromatic N) is 2. The van der Waals surface area contributed by atoms with Gasteiger partial charge in [-0.15, -0.1) is 0 Å². The summed E-state index contributed by atoms with van der Waals surface area (Å²) in [5.74, 6) is -0.697. The summed E-state index contributed by atoms with van der Waals surface area (Å²) in [4.78, 5) is 16.2. The summed E-state index contributed by atoms with van der Waals surface area (Å²) in [6.45, 7) is 1.44. The molecule has 4 N–H and O–H groups in total. The lowest BCUT2D eigenvalue weighted by molar-refractivity contribution is -0.227. The number of primary amides is 1. The van der Waals surface area contributed by atoms with Crippen molar-refractivity contribution in [2.45, 2.75) is 37.7 Å². The predicted octanol–water partition coefficient (Wildman–Crippen LogP) is 4.78. The molecular formula is C23H23F7N4O3. The zero-order chi connectivity index (χ0) is 27.5. The molecule has 1 aliphatic rings. The summed E-state index contributed by atoms with van der Waals surface area (Å²) in [5, 5.41) is 0. The van der Waals surface area contributed by atoms with E-state index >= 15 is 0 Å². The van der Waals surface area contributed by atoms with Crippen LogP contribution in [0.5, 0.6) is 0 Å². The molecule has 0 radical (unpaired) electrons. The number of amides is 2. The van der Waals surface area contributed by atoms with Crippen LogP contribution in [0.4, 0.5) is 35.5 Å². The third kappa shape index (κ3) is 7.40. The molecule has 1 fully saturated rings. The molecule has 1 aliphatic heterocycles. The highest BCUT2D eigenvalue weighted by atomic mass is 19.4. The van der Waals surface area contributed by atoms with Gasteiger partial charge in [0, 0.05) is 6.54 Å². The molecule has 202 valence electrons. The Hall–Kier alpha value is -3.23. The standard InChI is InChI=1S/C23H23F7N4O3/c1-12(14-8-15(22(25,26)27)10-16(9-14)23(28,29)30)37-20-19(13-2-4-17(24)5-3-13)34(6-7-36-20)11-18(31)33-21(32)35/h2-5,8-10,12,19-20H,6-7,11H2,1H3,(H4,31,32,33,35). The van der Waals surface area contributed by atoms with Crippen molar-refractivity contribution in [3.63, 3.8) is 0 Å². The number of amidine groups is 1. The van der Waals surface area contributed by atoms with Crippen LogP contribution in [0.25, 0.3) is 0 Å². The molecule has 3 atom stereocenters. The van der Waals surface area contributed by atoms with E-state index in [1.165, 1.54) is 19.1 Å². The predicted molar refractivity (Wildman–Crippen MR) is 118 cm³/mol. The van der Waals surface area contributed by atoms with E-state index in [0.29, 0.717) is 17.7 Å². The van der Waals surface area contributed by atoms with Crippen LogP contribution in [0, 0.1) is 5.82 Å². The molecule has 1 heterocycles. The Labute approximate surface area is 206 Å². The fourth-order valence-electron chi connectivity index (χ4n) is 3.89. The van der Waals surface area contributed by atoms with Crippen LogP contribution in [0.15, 0.2) is 47.5 Å². The van der Waals surface area contributed by atoms with Crippen molar-refractivity contribution in [1.29, 1.82) is 0 Å². The lowest BCUT2D eigenvalue weighted by atomic mass is 10.0. The topological polar surface area (TPSA) is 103 Å². The highest BCUT2D eigenvalue weighted by molar-refractivity contribution is 5.93. The highest BCUT2D eigenvalue weighted by Crippen LogP contribution is 2.39. The van der Waals surface area contributed by atoms with Crippen molar-refractivity contribution in [3.8, 4) is 0 Å². The van der Waals surface area contributed by atoms with Gasteiger partial charge in [-0.25, -0.2) is 9.18 Å². The average Bonchev–Trinajstić information content (AvgIpc) is 2.78. The number of benzene rings is 2. The largest absolute Gasteiger partial charge is 0.416 e. The van der Waals surface area contributed by atoms with E-state index in [9.17, 15) is 35.5 Å². The first kappa shape index (κ1) is 28.3. The fraction of sp³-hybridized carbons (Fsp3) is 0.391. The van der Waals surface area contributed by atoms with E-state index in [0.717, 1.165) is 12.1 Å². The van der Waals surface area contributed by atoms with E-state index in [1.54, 1.807) is 4.90 Å². The van der Waals surface area contributed by atoms with Crippen molar-refractivity contribution in [2.75, 3.05) is 19.7 Å². The molecule has 2 aromatic carbocycles. The Balaban J connectivity index is 1.96. The van der Waals surface area contributed by atoms with Crippen LogP contribution in [0.3, 0.4) is 0 Å². The minimum Gasteiger partial charge on any atom is -0.386 e. The van der Waals surface area contributed by atoms with E-state index in [4.69, 9.17) is 20.9 Å². The van der Waals surface area contributed by atoms with Crippen LogP contribution in [-0.2, 0) is 21.8 Å². The van der Waals surface area contributed by atoms with Gasteiger partial charge in [0.1, 0.15) is 11.7 Å². The van der Waals surface area contributed by atoms with Gasteiger partial charge in [-0.1, -0.05) is 12.1 Å². The Morgan fingerprint density at radius 3 is 2.16 bits per heavy atom. The number of morpholine rings is 1. The molecule has 0 saturated carbocycles. The van der Waals surface area contributed by atoms with Crippen LogP contribution < -0.4 is 11.5 Å². The SMILES string of the molecule is CC(OC1OCCN(CC(N)=NC(N)=O)C1c1ccc(F)cc1)c1cc(C(F)(F)F)cc(C(F)(F)F)c1. The Kier molecular flexibility index (Phi) is 8.45. The lowest BCUT2D eigenvalue weighted by Gasteiger charge is -2.42. The summed E-state index contributed by atoms with van der Waals surface area (Å²) in [6, 6.07) is 4.44. The number of rotatable bonds is 6. The third-order valence-electron chi connectivity index (χ3n) is 5.56. The minimum absolute atomic E-state index is 0.0250. The van der Waals surface area contributed by atoms with Gasteiger partial charge in [-0.3, -0.25) is 4.90 Å². The second kappa shape index (κ2) is 11.0. The van der Waals surface area contributed by atoms with Gasteiger partial charge in [0.05, 0.1) is 36.4 Å². The molecule has 2 amide bonds.